The number of aromatic nitrogens is 2. The third-order valence-electron chi connectivity index (χ3n) is 8.19. The molecule has 6 rings (SSSR count). The second-order valence-corrected chi connectivity index (χ2v) is 13.3. The minimum Gasteiger partial charge on any atom is -0.507 e. The molecule has 10 nitrogen and oxygen atoms in total. The predicted octanol–water partition coefficient (Wildman–Crippen LogP) is 7.81. The molecule has 1 unspecified atom stereocenters. The van der Waals surface area contributed by atoms with Crippen LogP contribution in [-0.4, -0.2) is 54.9 Å². The van der Waals surface area contributed by atoms with Gasteiger partial charge in [0.25, 0.3) is 5.78 Å². The van der Waals surface area contributed by atoms with E-state index in [1.807, 2.05) is 18.2 Å². The van der Waals surface area contributed by atoms with Gasteiger partial charge in [0.15, 0.2) is 27.3 Å². The van der Waals surface area contributed by atoms with Gasteiger partial charge in [0.2, 0.25) is 5.13 Å². The summed E-state index contributed by atoms with van der Waals surface area (Å²) in [4.78, 5) is 29.0. The molecule has 0 bridgehead atoms. The minimum absolute atomic E-state index is 0.112. The first kappa shape index (κ1) is 33.8. The number of ether oxygens (including phenoxy) is 4. The van der Waals surface area contributed by atoms with E-state index in [2.05, 4.69) is 41.4 Å². The summed E-state index contributed by atoms with van der Waals surface area (Å²) in [6.07, 6.45) is 1.84. The lowest BCUT2D eigenvalue weighted by atomic mass is 9.95. The molecule has 1 aliphatic heterocycles. The summed E-state index contributed by atoms with van der Waals surface area (Å²) in [6, 6.07) is 23.3. The Morgan fingerprint density at radius 3 is 2.39 bits per heavy atom. The molecule has 12 heteroatoms. The van der Waals surface area contributed by atoms with Crippen molar-refractivity contribution < 1.29 is 33.6 Å². The molecular weight excluding hydrogens is 663 g/mol. The van der Waals surface area contributed by atoms with Crippen LogP contribution in [0.2, 0.25) is 0 Å². The van der Waals surface area contributed by atoms with E-state index in [-0.39, 0.29) is 22.0 Å². The maximum Gasteiger partial charge on any atom is 0.301 e. The molecular formula is C37H35N3O7S2. The summed E-state index contributed by atoms with van der Waals surface area (Å²) in [7, 11) is 4.50. The number of fused-ring (bicyclic) bond motifs is 1. The number of rotatable bonds is 13. The highest BCUT2D eigenvalue weighted by atomic mass is 32.2. The van der Waals surface area contributed by atoms with Crippen molar-refractivity contribution in [2.24, 2.45) is 0 Å². The summed E-state index contributed by atoms with van der Waals surface area (Å²) in [6.45, 7) is 2.58. The number of hydrogen-bond acceptors (Lipinski definition) is 11. The maximum absolute atomic E-state index is 13.9. The molecule has 0 saturated carbocycles. The highest BCUT2D eigenvalue weighted by molar-refractivity contribution is 8.00. The number of benzene rings is 4. The Morgan fingerprint density at radius 2 is 1.61 bits per heavy atom. The quantitative estimate of drug-likeness (QED) is 0.0326. The number of nitrogens with zero attached hydrogens (tertiary/aromatic N) is 3. The molecule has 49 heavy (non-hydrogen) atoms. The molecule has 1 N–H and O–H groups in total. The second-order valence-electron chi connectivity index (χ2n) is 11.1. The number of methoxy groups -OCH3 is 3. The molecule has 1 aromatic heterocycles. The fourth-order valence-corrected chi connectivity index (χ4v) is 7.57. The number of Topliss-reactive ketones (excluding diaryl/α,β-unsaturated/α-hetero) is 1. The van der Waals surface area contributed by atoms with Gasteiger partial charge in [0.05, 0.1) is 39.6 Å². The molecule has 1 aliphatic rings. The standard InChI is InChI=1S/C37H35N3O7S2/c1-5-6-18-47-28-17-14-23(19-30(28)46-4)32-31(33(41)24-15-16-27(44-2)29(20-24)45-3)34(42)35(43)40(32)36-38-39-37(49-36)48-21-25-12-9-11-22-10-7-8-13-26(22)25/h7-17,19-20,32,41H,5-6,18,21H2,1-4H3/b33-31-. The van der Waals surface area contributed by atoms with E-state index >= 15 is 0 Å². The second kappa shape index (κ2) is 15.0. The zero-order chi connectivity index (χ0) is 34.5. The van der Waals surface area contributed by atoms with Crippen LogP contribution in [-0.2, 0) is 15.3 Å². The average molecular weight is 698 g/mol. The number of ketones is 1. The number of anilines is 1. The first-order valence-electron chi connectivity index (χ1n) is 15.7. The van der Waals surface area contributed by atoms with Gasteiger partial charge in [0.1, 0.15) is 5.76 Å². The number of aliphatic hydroxyl groups excluding tert-OH is 1. The number of carbonyl (C=O) groups excluding carboxylic acids is 2. The Morgan fingerprint density at radius 1 is 0.878 bits per heavy atom. The number of carbonyl (C=O) groups is 2. The number of hydrogen-bond donors (Lipinski definition) is 1. The van der Waals surface area contributed by atoms with Crippen LogP contribution in [0.25, 0.3) is 16.5 Å². The largest absolute Gasteiger partial charge is 0.507 e. The van der Waals surface area contributed by atoms with E-state index in [4.69, 9.17) is 18.9 Å². The van der Waals surface area contributed by atoms with E-state index < -0.39 is 17.7 Å². The molecule has 0 spiro atoms. The fourth-order valence-electron chi connectivity index (χ4n) is 5.70. The van der Waals surface area contributed by atoms with Gasteiger partial charge in [-0.2, -0.15) is 0 Å². The lowest BCUT2D eigenvalue weighted by Crippen LogP contribution is -2.29. The predicted molar refractivity (Wildman–Crippen MR) is 191 cm³/mol. The lowest BCUT2D eigenvalue weighted by Gasteiger charge is -2.23. The molecule has 0 radical (unpaired) electrons. The van der Waals surface area contributed by atoms with Gasteiger partial charge in [-0.3, -0.25) is 14.5 Å². The lowest BCUT2D eigenvalue weighted by molar-refractivity contribution is -0.132. The topological polar surface area (TPSA) is 120 Å². The highest BCUT2D eigenvalue weighted by Gasteiger charge is 2.48. The van der Waals surface area contributed by atoms with Crippen molar-refractivity contribution in [2.45, 2.75) is 35.9 Å². The monoisotopic (exact) mass is 697 g/mol. The number of thioether (sulfide) groups is 1. The molecule has 4 aromatic carbocycles. The third-order valence-corrected chi connectivity index (χ3v) is 10.3. The molecule has 0 aliphatic carbocycles. The van der Waals surface area contributed by atoms with E-state index in [0.29, 0.717) is 45.3 Å². The maximum atomic E-state index is 13.9. The van der Waals surface area contributed by atoms with Gasteiger partial charge in [-0.1, -0.05) is 85.0 Å². The molecule has 2 heterocycles. The van der Waals surface area contributed by atoms with E-state index in [1.165, 1.54) is 49.3 Å². The number of amides is 1. The number of unbranched alkanes of at least 4 members (excludes halogenated alkanes) is 1. The van der Waals surface area contributed by atoms with Crippen LogP contribution in [0.15, 0.2) is 88.8 Å². The van der Waals surface area contributed by atoms with Gasteiger partial charge in [-0.15, -0.1) is 10.2 Å². The van der Waals surface area contributed by atoms with Gasteiger partial charge < -0.3 is 24.1 Å². The van der Waals surface area contributed by atoms with E-state index in [9.17, 15) is 14.7 Å². The van der Waals surface area contributed by atoms with Crippen LogP contribution in [0.1, 0.15) is 42.5 Å². The smallest absolute Gasteiger partial charge is 0.301 e. The Balaban J connectivity index is 1.40. The van der Waals surface area contributed by atoms with E-state index in [1.54, 1.807) is 36.4 Å². The van der Waals surface area contributed by atoms with Crippen LogP contribution in [0.4, 0.5) is 5.13 Å². The Labute approximate surface area is 292 Å². The normalized spacial score (nSPS) is 15.5. The zero-order valence-corrected chi connectivity index (χ0v) is 29.1. The Hall–Kier alpha value is -5.07. The molecule has 1 atom stereocenters. The molecule has 1 amide bonds. The van der Waals surface area contributed by atoms with Gasteiger partial charge in [0, 0.05) is 11.3 Å². The van der Waals surface area contributed by atoms with Gasteiger partial charge in [-0.25, -0.2) is 0 Å². The summed E-state index contributed by atoms with van der Waals surface area (Å²) in [5, 5.41) is 23.0. The first-order valence-corrected chi connectivity index (χ1v) is 17.5. The summed E-state index contributed by atoms with van der Waals surface area (Å²) >= 11 is 2.70. The number of aliphatic hydroxyl groups is 1. The SMILES string of the molecule is CCCCOc1ccc(C2/C(=C(/O)c3ccc(OC)c(OC)c3)C(=O)C(=O)N2c2nnc(SCc3cccc4ccccc34)s2)cc1OC. The Kier molecular flexibility index (Phi) is 10.4. The third kappa shape index (κ3) is 6.79. The average Bonchev–Trinajstić information content (AvgIpc) is 3.71. The Bertz CT molecular complexity index is 2040. The van der Waals surface area contributed by atoms with Crippen molar-refractivity contribution in [1.29, 1.82) is 0 Å². The summed E-state index contributed by atoms with van der Waals surface area (Å²) in [5.41, 5.74) is 1.82. The zero-order valence-electron chi connectivity index (χ0n) is 27.5. The van der Waals surface area contributed by atoms with Crippen molar-refractivity contribution in [3.05, 3.63) is 101 Å². The summed E-state index contributed by atoms with van der Waals surface area (Å²) < 4.78 is 23.0. The van der Waals surface area contributed by atoms with Crippen LogP contribution in [0.3, 0.4) is 0 Å². The first-order chi connectivity index (χ1) is 23.9. The molecule has 5 aromatic rings. The van der Waals surface area contributed by atoms with Crippen molar-refractivity contribution in [1.82, 2.24) is 10.2 Å². The van der Waals surface area contributed by atoms with Crippen molar-refractivity contribution >= 4 is 56.5 Å². The van der Waals surface area contributed by atoms with Crippen LogP contribution in [0, 0.1) is 0 Å². The van der Waals surface area contributed by atoms with Gasteiger partial charge >= 0.3 is 5.91 Å². The van der Waals surface area contributed by atoms with Crippen LogP contribution < -0.4 is 23.8 Å². The van der Waals surface area contributed by atoms with Crippen molar-refractivity contribution in [3.8, 4) is 23.0 Å². The fraction of sp³-hybridized carbons (Fsp3) is 0.243. The molecule has 1 fully saturated rings. The highest BCUT2D eigenvalue weighted by Crippen LogP contribution is 2.46. The summed E-state index contributed by atoms with van der Waals surface area (Å²) in [5.74, 6) is 0.313. The van der Waals surface area contributed by atoms with Crippen LogP contribution in [0.5, 0.6) is 23.0 Å². The molecule has 1 saturated heterocycles. The minimum atomic E-state index is -1.05. The molecule has 252 valence electrons. The van der Waals surface area contributed by atoms with E-state index in [0.717, 1.165) is 29.2 Å². The van der Waals surface area contributed by atoms with Crippen LogP contribution >= 0.6 is 23.1 Å². The van der Waals surface area contributed by atoms with Crippen molar-refractivity contribution in [3.63, 3.8) is 0 Å². The van der Waals surface area contributed by atoms with Crippen molar-refractivity contribution in [2.75, 3.05) is 32.8 Å². The van der Waals surface area contributed by atoms with Gasteiger partial charge in [-0.05, 0) is 58.7 Å².